The first-order valence-corrected chi connectivity index (χ1v) is 4.89. The van der Waals surface area contributed by atoms with Gasteiger partial charge in [-0.05, 0) is 27.2 Å². The van der Waals surface area contributed by atoms with Crippen LogP contribution in [0, 0.1) is 0 Å². The van der Waals surface area contributed by atoms with E-state index in [2.05, 4.69) is 5.32 Å². The molecule has 7 nitrogen and oxygen atoms in total. The number of nitrogens with one attached hydrogen (secondary N) is 1. The van der Waals surface area contributed by atoms with E-state index < -0.39 is 23.7 Å². The second-order valence-corrected chi connectivity index (χ2v) is 4.03. The smallest absolute Gasteiger partial charge is 0.408 e. The molecular formula is C10H17NO6. The minimum atomic E-state index is -1.06. The van der Waals surface area contributed by atoms with Crippen molar-refractivity contribution < 1.29 is 29.0 Å². The number of amides is 1. The molecule has 0 radical (unpaired) electrons. The minimum absolute atomic E-state index is 0.250. The number of carbonyl (C=O) groups excluding carboxylic acids is 3. The molecule has 0 saturated heterocycles. The predicted octanol–water partition coefficient (Wildman–Crippen LogP) is 0.791. The maximum Gasteiger partial charge on any atom is 0.408 e. The van der Waals surface area contributed by atoms with Crippen molar-refractivity contribution >= 4 is 18.2 Å². The fourth-order valence-electron chi connectivity index (χ4n) is 0.788. The van der Waals surface area contributed by atoms with Gasteiger partial charge in [-0.15, -0.1) is 0 Å². The molecule has 0 aliphatic carbocycles. The molecule has 0 spiro atoms. The summed E-state index contributed by atoms with van der Waals surface area (Å²) in [6, 6.07) is -0.884. The van der Waals surface area contributed by atoms with Crippen LogP contribution in [-0.2, 0) is 19.1 Å². The van der Waals surface area contributed by atoms with E-state index in [1.807, 2.05) is 0 Å². The molecule has 0 aliphatic rings. The van der Waals surface area contributed by atoms with Crippen LogP contribution in [0.5, 0.6) is 0 Å². The Balaban J connectivity index is 0. The highest BCUT2D eigenvalue weighted by Crippen LogP contribution is 2.07. The molecule has 17 heavy (non-hydrogen) atoms. The molecule has 7 heteroatoms. The molecule has 0 fully saturated rings. The van der Waals surface area contributed by atoms with Gasteiger partial charge in [0.05, 0.1) is 0 Å². The van der Waals surface area contributed by atoms with Crippen LogP contribution in [0.25, 0.3) is 0 Å². The van der Waals surface area contributed by atoms with Crippen molar-refractivity contribution in [3.05, 3.63) is 0 Å². The average molecular weight is 247 g/mol. The zero-order valence-electron chi connectivity index (χ0n) is 10.3. The van der Waals surface area contributed by atoms with Crippen LogP contribution in [0.1, 0.15) is 34.1 Å². The molecule has 1 amide bonds. The van der Waals surface area contributed by atoms with Crippen molar-refractivity contribution in [1.29, 1.82) is 0 Å². The first kappa shape index (κ1) is 17.5. The summed E-state index contributed by atoms with van der Waals surface area (Å²) >= 11 is 0. The molecule has 0 heterocycles. The van der Waals surface area contributed by atoms with Crippen LogP contribution in [0.4, 0.5) is 4.79 Å². The standard InChI is InChI=1S/C9H17NO4.CO2/c1-5-6(7(11)12)10-8(13)14-9(2,3)4;2-1-3/h6H,5H2,1-4H3,(H,10,13)(H,11,12);/t6-;/m0./s1. The molecule has 0 aromatic carbocycles. The summed E-state index contributed by atoms with van der Waals surface area (Å²) in [6.07, 6.45) is -0.124. The number of carboxylic acid groups (broad SMARTS) is 1. The molecular weight excluding hydrogens is 230 g/mol. The van der Waals surface area contributed by atoms with Gasteiger partial charge >= 0.3 is 18.2 Å². The first-order chi connectivity index (χ1) is 7.67. The van der Waals surface area contributed by atoms with Gasteiger partial charge in [0.1, 0.15) is 11.6 Å². The Morgan fingerprint density at radius 3 is 2.00 bits per heavy atom. The molecule has 2 N–H and O–H groups in total. The summed E-state index contributed by atoms with van der Waals surface area (Å²) in [5.74, 6) is -1.06. The quantitative estimate of drug-likeness (QED) is 0.762. The Kier molecular flexibility index (Phi) is 8.54. The number of ether oxygens (including phenoxy) is 1. The summed E-state index contributed by atoms with van der Waals surface area (Å²) in [7, 11) is 0. The lowest BCUT2D eigenvalue weighted by Crippen LogP contribution is -2.43. The van der Waals surface area contributed by atoms with Gasteiger partial charge in [-0.1, -0.05) is 6.92 Å². The summed E-state index contributed by atoms with van der Waals surface area (Å²) in [5.41, 5.74) is -0.610. The van der Waals surface area contributed by atoms with Crippen LogP contribution in [0.2, 0.25) is 0 Å². The highest BCUT2D eigenvalue weighted by atomic mass is 16.6. The molecule has 0 aliphatic heterocycles. The van der Waals surface area contributed by atoms with E-state index in [0.717, 1.165) is 0 Å². The van der Waals surface area contributed by atoms with Crippen molar-refractivity contribution in [2.24, 2.45) is 0 Å². The van der Waals surface area contributed by atoms with Crippen molar-refractivity contribution in [3.8, 4) is 0 Å². The Bertz CT molecular complexity index is 288. The number of hydrogen-bond acceptors (Lipinski definition) is 5. The average Bonchev–Trinajstić information content (AvgIpc) is 2.12. The van der Waals surface area contributed by atoms with Crippen molar-refractivity contribution in [1.82, 2.24) is 5.32 Å². The lowest BCUT2D eigenvalue weighted by atomic mass is 10.2. The number of hydrogen-bond donors (Lipinski definition) is 2. The maximum atomic E-state index is 11.1. The summed E-state index contributed by atoms with van der Waals surface area (Å²) in [5, 5.41) is 10.9. The molecule has 0 aromatic heterocycles. The molecule has 0 unspecified atom stereocenters. The highest BCUT2D eigenvalue weighted by molar-refractivity contribution is 5.79. The Labute approximate surface area is 99.1 Å². The third kappa shape index (κ3) is 12.0. The predicted molar refractivity (Wildman–Crippen MR) is 56.1 cm³/mol. The van der Waals surface area contributed by atoms with Crippen LogP contribution >= 0.6 is 0 Å². The highest BCUT2D eigenvalue weighted by Gasteiger charge is 2.22. The van der Waals surface area contributed by atoms with Gasteiger partial charge in [-0.2, -0.15) is 9.59 Å². The van der Waals surface area contributed by atoms with Gasteiger partial charge in [0.25, 0.3) is 0 Å². The number of aliphatic carboxylic acids is 1. The number of carbonyl (C=O) groups is 2. The largest absolute Gasteiger partial charge is 0.480 e. The van der Waals surface area contributed by atoms with E-state index in [0.29, 0.717) is 6.42 Å². The SMILES string of the molecule is CC[C@H](NC(=O)OC(C)(C)C)C(=O)O.O=C=O. The minimum Gasteiger partial charge on any atom is -0.480 e. The molecule has 0 aromatic rings. The van der Waals surface area contributed by atoms with Crippen molar-refractivity contribution in [2.75, 3.05) is 0 Å². The summed E-state index contributed by atoms with van der Waals surface area (Å²) < 4.78 is 4.91. The van der Waals surface area contributed by atoms with Gasteiger partial charge in [-0.3, -0.25) is 0 Å². The fourth-order valence-corrected chi connectivity index (χ4v) is 0.788. The number of alkyl carbamates (subject to hydrolysis) is 1. The van der Waals surface area contributed by atoms with E-state index in [4.69, 9.17) is 19.4 Å². The Hall–Kier alpha value is -1.88. The lowest BCUT2D eigenvalue weighted by Gasteiger charge is -2.21. The zero-order chi connectivity index (χ0) is 14.1. The van der Waals surface area contributed by atoms with Gasteiger partial charge in [0.2, 0.25) is 0 Å². The van der Waals surface area contributed by atoms with Crippen molar-refractivity contribution in [2.45, 2.75) is 45.8 Å². The zero-order valence-corrected chi connectivity index (χ0v) is 10.3. The Morgan fingerprint density at radius 1 is 1.35 bits per heavy atom. The second-order valence-electron chi connectivity index (χ2n) is 4.03. The van der Waals surface area contributed by atoms with Crippen LogP contribution in [-0.4, -0.2) is 35.0 Å². The Morgan fingerprint density at radius 2 is 1.76 bits per heavy atom. The van der Waals surface area contributed by atoms with E-state index in [9.17, 15) is 9.59 Å². The van der Waals surface area contributed by atoms with Crippen LogP contribution in [0.3, 0.4) is 0 Å². The van der Waals surface area contributed by atoms with Gasteiger partial charge < -0.3 is 15.2 Å². The summed E-state index contributed by atoms with van der Waals surface area (Å²) in [4.78, 5) is 37.9. The topological polar surface area (TPSA) is 110 Å². The monoisotopic (exact) mass is 247 g/mol. The number of rotatable bonds is 3. The van der Waals surface area contributed by atoms with Gasteiger partial charge in [0.15, 0.2) is 0 Å². The molecule has 98 valence electrons. The number of carboxylic acids is 1. The second kappa shape index (κ2) is 8.29. The summed E-state index contributed by atoms with van der Waals surface area (Å²) in [6.45, 7) is 6.83. The van der Waals surface area contributed by atoms with Gasteiger partial charge in [-0.25, -0.2) is 9.59 Å². The van der Waals surface area contributed by atoms with Crippen molar-refractivity contribution in [3.63, 3.8) is 0 Å². The third-order valence-corrected chi connectivity index (χ3v) is 1.40. The first-order valence-electron chi connectivity index (χ1n) is 4.89. The molecule has 0 rings (SSSR count). The third-order valence-electron chi connectivity index (χ3n) is 1.40. The lowest BCUT2D eigenvalue weighted by molar-refractivity contribution is -0.191. The molecule has 0 bridgehead atoms. The van der Waals surface area contributed by atoms with E-state index in [1.165, 1.54) is 0 Å². The maximum absolute atomic E-state index is 11.1. The van der Waals surface area contributed by atoms with Crippen LogP contribution in [0.15, 0.2) is 0 Å². The fraction of sp³-hybridized carbons (Fsp3) is 0.700. The molecule has 0 saturated carbocycles. The molecule has 1 atom stereocenters. The van der Waals surface area contributed by atoms with E-state index >= 15 is 0 Å². The van der Waals surface area contributed by atoms with Gasteiger partial charge in [0, 0.05) is 0 Å². The van der Waals surface area contributed by atoms with E-state index in [-0.39, 0.29) is 6.15 Å². The van der Waals surface area contributed by atoms with Crippen LogP contribution < -0.4 is 5.32 Å². The van der Waals surface area contributed by atoms with E-state index in [1.54, 1.807) is 27.7 Å². The normalized spacial score (nSPS) is 11.3.